The molecule has 0 saturated heterocycles. The minimum atomic E-state index is -0.860. The third-order valence-electron chi connectivity index (χ3n) is 6.19. The topological polar surface area (TPSA) is 79.8 Å². The maximum absolute atomic E-state index is 11.9. The van der Waals surface area contributed by atoms with E-state index in [1.807, 2.05) is 0 Å². The van der Waals surface area contributed by atoms with Gasteiger partial charge in [-0.1, -0.05) is 0 Å². The number of carbonyl (C=O) groups is 2. The van der Waals surface area contributed by atoms with E-state index in [2.05, 4.69) is 4.79 Å². The maximum Gasteiger partial charge on any atom is 0.421 e. The molecule has 0 amide bonds. The molecule has 5 nitrogen and oxygen atoms in total. The Morgan fingerprint density at radius 2 is 1.69 bits per heavy atom. The molecule has 0 aromatic heterocycles. The van der Waals surface area contributed by atoms with Crippen molar-refractivity contribution in [2.45, 2.75) is 0 Å². The molecule has 16 heavy (non-hydrogen) atoms. The highest BCUT2D eigenvalue weighted by Gasteiger charge is 3.06. The normalized spacial score (nSPS) is 63.1. The molecular formula is C11H8N2O3. The van der Waals surface area contributed by atoms with E-state index < -0.39 is 5.97 Å². The first-order valence-electron chi connectivity index (χ1n) is 5.68. The summed E-state index contributed by atoms with van der Waals surface area (Å²) in [5.41, 5.74) is 7.89. The van der Waals surface area contributed by atoms with Crippen molar-refractivity contribution in [1.82, 2.24) is 0 Å². The third kappa shape index (κ3) is 0.387. The number of rotatable bonds is 2. The monoisotopic (exact) mass is 216 g/mol. The van der Waals surface area contributed by atoms with Gasteiger partial charge in [-0.15, -0.1) is 0 Å². The van der Waals surface area contributed by atoms with Crippen LogP contribution in [0.3, 0.4) is 0 Å². The number of nitrogens with zero attached hydrogens (tertiary/aromatic N) is 2. The van der Waals surface area contributed by atoms with Crippen LogP contribution in [-0.4, -0.2) is 22.9 Å². The fourth-order valence-electron chi connectivity index (χ4n) is 6.09. The Balaban J connectivity index is 1.42. The van der Waals surface area contributed by atoms with Gasteiger partial charge >= 0.3 is 18.2 Å². The lowest BCUT2D eigenvalue weighted by atomic mass is 8.96. The summed E-state index contributed by atoms with van der Waals surface area (Å²) in [5, 5.41) is 0. The standard InChI is InChI=1S/C11H8N2O3/c12-13-1-2(14)16-10(15)11-7-4-3-5(7)9(11)6(3)8(4)11/h1,3-9H. The number of esters is 2. The zero-order chi connectivity index (χ0) is 10.8. The Kier molecular flexibility index (Phi) is 0.860. The summed E-state index contributed by atoms with van der Waals surface area (Å²) in [5.74, 6) is 3.67. The summed E-state index contributed by atoms with van der Waals surface area (Å²) in [6, 6.07) is 0. The van der Waals surface area contributed by atoms with Crippen molar-refractivity contribution in [3.63, 3.8) is 0 Å². The van der Waals surface area contributed by atoms with Crippen LogP contribution in [0.1, 0.15) is 0 Å². The molecule has 0 radical (unpaired) electrons. The molecule has 0 bridgehead atoms. The molecule has 6 aliphatic rings. The van der Waals surface area contributed by atoms with E-state index in [9.17, 15) is 9.59 Å². The second-order valence-corrected chi connectivity index (χ2v) is 5.77. The predicted molar refractivity (Wildman–Crippen MR) is 47.6 cm³/mol. The van der Waals surface area contributed by atoms with Gasteiger partial charge in [-0.05, 0) is 41.4 Å². The van der Waals surface area contributed by atoms with Gasteiger partial charge in [-0.25, -0.2) is 4.79 Å². The van der Waals surface area contributed by atoms with Gasteiger partial charge in [0.25, 0.3) is 0 Å². The van der Waals surface area contributed by atoms with E-state index in [0.717, 1.165) is 23.7 Å². The molecule has 0 aromatic carbocycles. The summed E-state index contributed by atoms with van der Waals surface area (Å²) < 4.78 is 4.71. The Bertz CT molecular complexity index is 483. The lowest BCUT2D eigenvalue weighted by Crippen LogP contribution is -3.06. The van der Waals surface area contributed by atoms with Crippen LogP contribution >= 0.6 is 0 Å². The van der Waals surface area contributed by atoms with E-state index in [-0.39, 0.29) is 11.4 Å². The quantitative estimate of drug-likeness (QED) is 0.209. The van der Waals surface area contributed by atoms with E-state index in [1.54, 1.807) is 0 Å². The van der Waals surface area contributed by atoms with Crippen LogP contribution in [0.15, 0.2) is 0 Å². The Morgan fingerprint density at radius 1 is 1.12 bits per heavy atom. The van der Waals surface area contributed by atoms with Gasteiger partial charge in [0.2, 0.25) is 0 Å². The van der Waals surface area contributed by atoms with Gasteiger partial charge < -0.3 is 10.3 Å². The van der Waals surface area contributed by atoms with Crippen molar-refractivity contribution >= 4 is 18.2 Å². The highest BCUT2D eigenvalue weighted by Crippen LogP contribution is 3.05. The third-order valence-corrected chi connectivity index (χ3v) is 6.19. The van der Waals surface area contributed by atoms with E-state index in [4.69, 9.17) is 10.3 Å². The minimum Gasteiger partial charge on any atom is -0.384 e. The first-order chi connectivity index (χ1) is 7.74. The van der Waals surface area contributed by atoms with Gasteiger partial charge in [-0.2, -0.15) is 4.79 Å². The second-order valence-electron chi connectivity index (χ2n) is 5.77. The summed E-state index contributed by atoms with van der Waals surface area (Å²) in [6.45, 7) is 0. The number of hydrogen-bond acceptors (Lipinski definition) is 3. The molecule has 0 aromatic rings. The Morgan fingerprint density at radius 3 is 2.19 bits per heavy atom. The predicted octanol–water partition coefficient (Wildman–Crippen LogP) is -0.275. The molecule has 6 fully saturated rings. The molecule has 6 aliphatic carbocycles. The van der Waals surface area contributed by atoms with E-state index in [1.165, 1.54) is 0 Å². The summed E-state index contributed by atoms with van der Waals surface area (Å²) in [4.78, 5) is 25.5. The summed E-state index contributed by atoms with van der Waals surface area (Å²) in [6.07, 6.45) is 0.624. The molecule has 5 heteroatoms. The zero-order valence-electron chi connectivity index (χ0n) is 8.24. The molecule has 0 atom stereocenters. The van der Waals surface area contributed by atoms with Crippen molar-refractivity contribution in [2.75, 3.05) is 0 Å². The average molecular weight is 216 g/mol. The summed E-state index contributed by atoms with van der Waals surface area (Å²) >= 11 is 0. The number of hydrogen-bond donors (Lipinski definition) is 0. The first kappa shape index (κ1) is 7.74. The van der Waals surface area contributed by atoms with Crippen molar-refractivity contribution < 1.29 is 19.1 Å². The molecule has 0 unspecified atom stereocenters. The molecule has 0 aliphatic heterocycles. The number of ether oxygens (including phenoxy) is 1. The van der Waals surface area contributed by atoms with Gasteiger partial charge in [0.15, 0.2) is 0 Å². The van der Waals surface area contributed by atoms with Crippen molar-refractivity contribution in [3.8, 4) is 0 Å². The molecule has 0 N–H and O–H groups in total. The van der Waals surface area contributed by atoms with Crippen molar-refractivity contribution in [2.24, 2.45) is 46.8 Å². The first-order valence-corrected chi connectivity index (χ1v) is 5.68. The fourth-order valence-corrected chi connectivity index (χ4v) is 6.09. The van der Waals surface area contributed by atoms with Gasteiger partial charge in [0.05, 0.1) is 5.41 Å². The maximum atomic E-state index is 11.9. The van der Waals surface area contributed by atoms with Crippen LogP contribution in [-0.2, 0) is 14.3 Å². The SMILES string of the molecule is [N-]=[N+]=CC(=O)OC(=O)C12C3C4C5C3C1C5C42. The largest absolute Gasteiger partial charge is 0.421 e. The van der Waals surface area contributed by atoms with E-state index in [0.29, 0.717) is 24.0 Å². The van der Waals surface area contributed by atoms with Crippen LogP contribution in [0.4, 0.5) is 0 Å². The lowest BCUT2D eigenvalue weighted by Gasteiger charge is -3.06. The van der Waals surface area contributed by atoms with E-state index >= 15 is 0 Å². The van der Waals surface area contributed by atoms with Crippen LogP contribution in [0.5, 0.6) is 0 Å². The van der Waals surface area contributed by atoms with Crippen LogP contribution in [0.25, 0.3) is 5.53 Å². The Labute approximate surface area is 90.4 Å². The Hall–Kier alpha value is -1.48. The van der Waals surface area contributed by atoms with Gasteiger partial charge in [0, 0.05) is 0 Å². The van der Waals surface area contributed by atoms with Gasteiger partial charge in [-0.3, -0.25) is 4.79 Å². The summed E-state index contributed by atoms with van der Waals surface area (Å²) in [7, 11) is 0. The van der Waals surface area contributed by atoms with Crippen LogP contribution < -0.4 is 0 Å². The molecule has 80 valence electrons. The minimum absolute atomic E-state index is 0.270. The van der Waals surface area contributed by atoms with Crippen molar-refractivity contribution in [3.05, 3.63) is 5.53 Å². The molecule has 0 heterocycles. The average Bonchev–Trinajstić information content (AvgIpc) is 2.29. The smallest absolute Gasteiger partial charge is 0.384 e. The lowest BCUT2D eigenvalue weighted by molar-refractivity contribution is -0.598. The zero-order valence-corrected chi connectivity index (χ0v) is 8.24. The number of carbonyl (C=O) groups excluding carboxylic acids is 2. The second kappa shape index (κ2) is 1.78. The highest BCUT2D eigenvalue weighted by molar-refractivity contribution is 6.23. The molecule has 0 spiro atoms. The van der Waals surface area contributed by atoms with Gasteiger partial charge in [0.1, 0.15) is 0 Å². The molecule has 6 rings (SSSR count). The van der Waals surface area contributed by atoms with Crippen molar-refractivity contribution in [1.29, 1.82) is 0 Å². The molecule has 6 saturated carbocycles. The highest BCUT2D eigenvalue weighted by atomic mass is 16.6. The molecular weight excluding hydrogens is 208 g/mol. The van der Waals surface area contributed by atoms with Crippen LogP contribution in [0.2, 0.25) is 0 Å². The fraction of sp³-hybridized carbons (Fsp3) is 0.727. The van der Waals surface area contributed by atoms with Crippen LogP contribution in [0, 0.1) is 46.8 Å².